The number of carbonyl (C=O) groups excluding carboxylic acids is 1. The molecule has 9 heteroatoms. The number of aliphatic hydroxyl groups is 1. The van der Waals surface area contributed by atoms with Gasteiger partial charge < -0.3 is 5.11 Å². The van der Waals surface area contributed by atoms with Gasteiger partial charge in [-0.1, -0.05) is 140 Å². The third-order valence-electron chi connectivity index (χ3n) is 11.1. The standard InChI is InChI=1S/C37H32F3N2S.C13H24O2.Ir/c1-35(2,3)30-21-28(20-27-8-6-7-9-29(27)30)32-33-31(18-19-41-32)42-34(43-33)26-16-14-25(15-17-26)24-12-10-23(11-13-24)22-36(4,5)37(38,39)40;1-5-10(6-2)12(14)9-13(15)11(7-3)8-4;/h6-19,21H,22H2,1-5H3;9-11,14H,5-8H2,1-4H3;/q-1;;/b;12-9-;. The fraction of sp³-hybridized carbons (Fsp3) is 0.380. The third kappa shape index (κ3) is 11.4. The van der Waals surface area contributed by atoms with Gasteiger partial charge in [-0.25, -0.2) is 4.98 Å². The van der Waals surface area contributed by atoms with Gasteiger partial charge >= 0.3 is 6.18 Å². The van der Waals surface area contributed by atoms with E-state index in [9.17, 15) is 23.1 Å². The number of hydrogen-bond acceptors (Lipinski definition) is 5. The topological polar surface area (TPSA) is 63.1 Å². The van der Waals surface area contributed by atoms with Crippen molar-refractivity contribution in [3.63, 3.8) is 0 Å². The first-order valence-corrected chi connectivity index (χ1v) is 21.1. The molecule has 0 aliphatic rings. The van der Waals surface area contributed by atoms with Crippen LogP contribution in [0.15, 0.2) is 103 Å². The molecule has 0 spiro atoms. The molecule has 4 nitrogen and oxygen atoms in total. The van der Waals surface area contributed by atoms with Crippen LogP contribution in [0.1, 0.15) is 99.1 Å². The number of ketones is 1. The van der Waals surface area contributed by atoms with Crippen LogP contribution in [0.5, 0.6) is 0 Å². The Morgan fingerprint density at radius 2 is 1.36 bits per heavy atom. The summed E-state index contributed by atoms with van der Waals surface area (Å²) in [5, 5.41) is 12.9. The number of aromatic nitrogens is 2. The molecule has 0 fully saturated rings. The molecule has 0 unspecified atom stereocenters. The zero-order chi connectivity index (χ0) is 42.4. The second-order valence-corrected chi connectivity index (χ2v) is 17.7. The summed E-state index contributed by atoms with van der Waals surface area (Å²) >= 11 is 1.62. The molecule has 0 aliphatic carbocycles. The van der Waals surface area contributed by atoms with Gasteiger partial charge in [0.2, 0.25) is 0 Å². The van der Waals surface area contributed by atoms with E-state index in [-0.39, 0.29) is 55.3 Å². The monoisotopic (exact) mass is 998 g/mol. The minimum absolute atomic E-state index is 0. The van der Waals surface area contributed by atoms with E-state index in [1.165, 1.54) is 30.9 Å². The Morgan fingerprint density at radius 3 is 1.92 bits per heavy atom. The Morgan fingerprint density at radius 1 is 0.797 bits per heavy atom. The number of alkyl halides is 3. The third-order valence-corrected chi connectivity index (χ3v) is 12.2. The molecule has 59 heavy (non-hydrogen) atoms. The number of halogens is 3. The van der Waals surface area contributed by atoms with E-state index >= 15 is 0 Å². The minimum atomic E-state index is -4.25. The van der Waals surface area contributed by atoms with E-state index in [1.807, 2.05) is 82.4 Å². The van der Waals surface area contributed by atoms with Gasteiger partial charge in [0.25, 0.3) is 0 Å². The van der Waals surface area contributed by atoms with E-state index in [0.29, 0.717) is 5.56 Å². The number of nitrogens with zero attached hydrogens (tertiary/aromatic N) is 2. The molecular weight excluding hydrogens is 942 g/mol. The molecule has 0 aliphatic heterocycles. The molecule has 0 atom stereocenters. The van der Waals surface area contributed by atoms with Crippen molar-refractivity contribution < 1.29 is 43.2 Å². The van der Waals surface area contributed by atoms with Crippen molar-refractivity contribution in [3.8, 4) is 33.0 Å². The number of rotatable bonds is 12. The molecule has 0 saturated heterocycles. The van der Waals surface area contributed by atoms with Crippen molar-refractivity contribution in [1.29, 1.82) is 0 Å². The number of carbonyl (C=O) groups is 1. The number of aliphatic hydroxyl groups excluding tert-OH is 1. The molecule has 6 rings (SSSR count). The molecule has 1 radical (unpaired) electrons. The van der Waals surface area contributed by atoms with Gasteiger partial charge in [0.1, 0.15) is 5.01 Å². The number of fused-ring (bicyclic) bond motifs is 2. The molecule has 315 valence electrons. The number of pyridine rings is 1. The Labute approximate surface area is 365 Å². The van der Waals surface area contributed by atoms with Crippen LogP contribution in [0, 0.1) is 23.3 Å². The van der Waals surface area contributed by atoms with E-state index < -0.39 is 11.6 Å². The van der Waals surface area contributed by atoms with Gasteiger partial charge in [-0.05, 0) is 60.3 Å². The first-order chi connectivity index (χ1) is 27.4. The summed E-state index contributed by atoms with van der Waals surface area (Å²) in [5.74, 6) is 0.547. The van der Waals surface area contributed by atoms with Crippen molar-refractivity contribution in [1.82, 2.24) is 9.97 Å². The predicted octanol–water partition coefficient (Wildman–Crippen LogP) is 14.9. The minimum Gasteiger partial charge on any atom is -0.512 e. The van der Waals surface area contributed by atoms with Crippen LogP contribution in [-0.2, 0) is 36.7 Å². The SMILES string of the molecule is CC(C)(C)c1cc(-c2nccc3nc(-c4ccc(-c5ccc(CC(C)(C)C(F)(F)F)cc5)cc4)sc23)[c-]c2ccccc12.CCC(CC)C(=O)/C=C(\O)C(CC)CC.[Ir]. The maximum absolute atomic E-state index is 13.3. The molecule has 1 N–H and O–H groups in total. The number of hydrogen-bond donors (Lipinski definition) is 1. The van der Waals surface area contributed by atoms with Gasteiger partial charge in [-0.2, -0.15) is 13.2 Å². The van der Waals surface area contributed by atoms with Crippen molar-refractivity contribution in [3.05, 3.63) is 120 Å². The normalized spacial score (nSPS) is 12.5. The quantitative estimate of drug-likeness (QED) is 0.0754. The van der Waals surface area contributed by atoms with Crippen LogP contribution in [0.2, 0.25) is 0 Å². The Kier molecular flexibility index (Phi) is 16.0. The van der Waals surface area contributed by atoms with E-state index in [1.54, 1.807) is 23.5 Å². The van der Waals surface area contributed by atoms with Gasteiger partial charge in [0, 0.05) is 60.2 Å². The Hall–Kier alpha value is -4.17. The second kappa shape index (κ2) is 19.9. The summed E-state index contributed by atoms with van der Waals surface area (Å²) in [6, 6.07) is 31.6. The summed E-state index contributed by atoms with van der Waals surface area (Å²) < 4.78 is 41.0. The Balaban J connectivity index is 0.000000411. The van der Waals surface area contributed by atoms with Crippen molar-refractivity contribution in [2.75, 3.05) is 0 Å². The fourth-order valence-electron chi connectivity index (χ4n) is 7.16. The molecule has 0 bridgehead atoms. The molecule has 0 saturated carbocycles. The second-order valence-electron chi connectivity index (χ2n) is 16.8. The molecule has 2 heterocycles. The van der Waals surface area contributed by atoms with Gasteiger partial charge in [0.05, 0.1) is 16.7 Å². The Bertz CT molecular complexity index is 2350. The fourth-order valence-corrected chi connectivity index (χ4v) is 8.23. The molecule has 4 aromatic carbocycles. The van der Waals surface area contributed by atoms with E-state index in [0.717, 1.165) is 74.2 Å². The first kappa shape index (κ1) is 47.5. The zero-order valence-corrected chi connectivity index (χ0v) is 38.8. The van der Waals surface area contributed by atoms with E-state index in [4.69, 9.17) is 9.97 Å². The van der Waals surface area contributed by atoms with Crippen LogP contribution < -0.4 is 0 Å². The smallest absolute Gasteiger partial charge is 0.394 e. The predicted molar refractivity (Wildman–Crippen MR) is 236 cm³/mol. The summed E-state index contributed by atoms with van der Waals surface area (Å²) in [7, 11) is 0. The van der Waals surface area contributed by atoms with Crippen LogP contribution in [0.25, 0.3) is 53.9 Å². The van der Waals surface area contributed by atoms with Crippen LogP contribution in [0.3, 0.4) is 0 Å². The largest absolute Gasteiger partial charge is 0.512 e. The first-order valence-electron chi connectivity index (χ1n) is 20.3. The van der Waals surface area contributed by atoms with Crippen LogP contribution in [-0.4, -0.2) is 27.0 Å². The maximum Gasteiger partial charge on any atom is 0.394 e. The molecular formula is C50H56F3IrN2O2S-. The van der Waals surface area contributed by atoms with Gasteiger partial charge in [-0.15, -0.1) is 40.5 Å². The van der Waals surface area contributed by atoms with Gasteiger partial charge in [0.15, 0.2) is 5.78 Å². The van der Waals surface area contributed by atoms with Crippen molar-refractivity contribution in [2.24, 2.45) is 17.3 Å². The number of benzene rings is 4. The zero-order valence-electron chi connectivity index (χ0n) is 35.6. The summed E-state index contributed by atoms with van der Waals surface area (Å²) in [5.41, 5.74) is 5.79. The molecule has 0 amide bonds. The summed E-state index contributed by atoms with van der Waals surface area (Å²) in [6.45, 7) is 17.2. The summed E-state index contributed by atoms with van der Waals surface area (Å²) in [6.07, 6.45) is 2.41. The maximum atomic E-state index is 13.3. The van der Waals surface area contributed by atoms with Crippen molar-refractivity contribution in [2.45, 2.75) is 106 Å². The van der Waals surface area contributed by atoms with Gasteiger partial charge in [-0.3, -0.25) is 9.78 Å². The average Bonchev–Trinajstić information content (AvgIpc) is 3.63. The number of allylic oxidation sites excluding steroid dienone is 2. The van der Waals surface area contributed by atoms with Crippen LogP contribution in [0.4, 0.5) is 13.2 Å². The molecule has 2 aromatic heterocycles. The van der Waals surface area contributed by atoms with Crippen molar-refractivity contribution >= 4 is 38.1 Å². The van der Waals surface area contributed by atoms with Crippen LogP contribution >= 0.6 is 11.3 Å². The molecule has 6 aromatic rings. The van der Waals surface area contributed by atoms with E-state index in [2.05, 4.69) is 51.1 Å². The average molecular weight is 998 g/mol. The number of thiazole rings is 1. The summed E-state index contributed by atoms with van der Waals surface area (Å²) in [4.78, 5) is 21.4.